The molecule has 306 valence electrons. The average Bonchev–Trinajstić information content (AvgIpc) is 3.23. The number of ether oxygens (including phenoxy) is 5. The maximum atomic E-state index is 14.8. The molecular formula is C45H44F4O8S. The van der Waals surface area contributed by atoms with Gasteiger partial charge in [-0.05, 0) is 116 Å². The third kappa shape index (κ3) is 8.96. The van der Waals surface area contributed by atoms with Crippen LogP contribution in [0.15, 0.2) is 121 Å². The van der Waals surface area contributed by atoms with Gasteiger partial charge in [0.25, 0.3) is 0 Å². The summed E-state index contributed by atoms with van der Waals surface area (Å²) in [7, 11) is -6.16. The fraction of sp³-hybridized carbons (Fsp3) is 0.333. The number of hydrogen-bond acceptors (Lipinski definition) is 8. The van der Waals surface area contributed by atoms with Gasteiger partial charge in [0.2, 0.25) is 0 Å². The minimum atomic E-state index is -6.16. The summed E-state index contributed by atoms with van der Waals surface area (Å²) in [6, 6.07) is 33.4. The van der Waals surface area contributed by atoms with Crippen LogP contribution in [0.3, 0.4) is 0 Å². The smallest absolute Gasteiger partial charge is 0.465 e. The lowest BCUT2D eigenvalue weighted by Gasteiger charge is -2.33. The van der Waals surface area contributed by atoms with Gasteiger partial charge >= 0.3 is 21.5 Å². The molecule has 0 N–H and O–H groups in total. The third-order valence-electron chi connectivity index (χ3n) is 10.4. The first-order valence-corrected chi connectivity index (χ1v) is 20.6. The number of rotatable bonds is 14. The summed E-state index contributed by atoms with van der Waals surface area (Å²) < 4.78 is 116. The monoisotopic (exact) mass is 820 g/mol. The highest BCUT2D eigenvalue weighted by Crippen LogP contribution is 2.43. The average molecular weight is 821 g/mol. The summed E-state index contributed by atoms with van der Waals surface area (Å²) in [5.74, 6) is 0.192. The molecule has 0 bridgehead atoms. The highest BCUT2D eigenvalue weighted by Gasteiger charge is 2.70. The molecule has 13 heteroatoms. The molecule has 2 aliphatic rings. The Balaban J connectivity index is 1.10. The van der Waals surface area contributed by atoms with Gasteiger partial charge < -0.3 is 27.9 Å². The van der Waals surface area contributed by atoms with Crippen LogP contribution in [-0.2, 0) is 25.0 Å². The second-order valence-electron chi connectivity index (χ2n) is 14.6. The molecule has 7 rings (SSSR count). The van der Waals surface area contributed by atoms with Crippen LogP contribution in [0.2, 0.25) is 0 Å². The molecule has 5 aromatic rings. The second kappa shape index (κ2) is 17.0. The van der Waals surface area contributed by atoms with Gasteiger partial charge in [-0.1, -0.05) is 78.4 Å². The van der Waals surface area contributed by atoms with Gasteiger partial charge in [0.1, 0.15) is 23.0 Å². The Bertz CT molecular complexity index is 2160. The van der Waals surface area contributed by atoms with Gasteiger partial charge in [0.15, 0.2) is 12.6 Å². The Kier molecular flexibility index (Phi) is 12.0. The van der Waals surface area contributed by atoms with Crippen molar-refractivity contribution >= 4 is 10.1 Å². The summed E-state index contributed by atoms with van der Waals surface area (Å²) in [6.45, 7) is 5.14. The van der Waals surface area contributed by atoms with E-state index in [1.54, 1.807) is 6.92 Å². The standard InChI is InChI=1S/C45H44F4O8S/c1-31-9-21-40(22-10-31)57-58(50,51)45(48,49)44(46,47)56-39-23-13-33(14-24-39)32-11-15-34(16-12-32)43(2,35-17-25-37(26-18-35)54-41-7-3-5-29-52-41)36-19-27-38(28-20-36)55-42-8-4-6-30-53-42/h9-28,41-42H,3-8,29-30H2,1-2H3. The molecule has 0 aromatic heterocycles. The van der Waals surface area contributed by atoms with E-state index in [2.05, 4.69) is 15.8 Å². The van der Waals surface area contributed by atoms with E-state index in [0.29, 0.717) is 41.4 Å². The number of hydrogen-bond donors (Lipinski definition) is 0. The number of halogens is 4. The van der Waals surface area contributed by atoms with Crippen molar-refractivity contribution in [2.45, 2.75) is 81.7 Å². The molecule has 58 heavy (non-hydrogen) atoms. The summed E-state index contributed by atoms with van der Waals surface area (Å²) >= 11 is 0. The van der Waals surface area contributed by atoms with Gasteiger partial charge in [0.05, 0.1) is 13.2 Å². The fourth-order valence-corrected chi connectivity index (χ4v) is 7.78. The van der Waals surface area contributed by atoms with E-state index in [0.717, 1.165) is 79.5 Å². The predicted molar refractivity (Wildman–Crippen MR) is 210 cm³/mol. The van der Waals surface area contributed by atoms with E-state index in [9.17, 15) is 26.0 Å². The third-order valence-corrected chi connectivity index (χ3v) is 11.7. The normalized spacial score (nSPS) is 18.8. The Morgan fingerprint density at radius 1 is 0.552 bits per heavy atom. The van der Waals surface area contributed by atoms with E-state index in [1.165, 1.54) is 24.3 Å². The van der Waals surface area contributed by atoms with Gasteiger partial charge in [-0.3, -0.25) is 0 Å². The fourth-order valence-electron chi connectivity index (χ4n) is 6.98. The maximum absolute atomic E-state index is 14.8. The molecule has 0 spiro atoms. The summed E-state index contributed by atoms with van der Waals surface area (Å²) in [5.41, 5.74) is 4.23. The number of benzene rings is 5. The first-order valence-electron chi connectivity index (χ1n) is 19.2. The number of alkyl halides is 4. The van der Waals surface area contributed by atoms with Gasteiger partial charge in [-0.25, -0.2) is 0 Å². The largest absolute Gasteiger partial charge is 0.484 e. The molecule has 8 nitrogen and oxygen atoms in total. The molecule has 2 saturated heterocycles. The molecule has 2 aliphatic heterocycles. The van der Waals surface area contributed by atoms with Crippen LogP contribution >= 0.6 is 0 Å². The van der Waals surface area contributed by atoms with Crippen molar-refractivity contribution < 1.29 is 53.8 Å². The van der Waals surface area contributed by atoms with E-state index in [1.807, 2.05) is 72.8 Å². The highest BCUT2D eigenvalue weighted by atomic mass is 32.2. The van der Waals surface area contributed by atoms with Crippen molar-refractivity contribution in [1.29, 1.82) is 0 Å². The molecule has 0 aliphatic carbocycles. The van der Waals surface area contributed by atoms with Crippen molar-refractivity contribution in [3.8, 4) is 34.1 Å². The summed E-state index contributed by atoms with van der Waals surface area (Å²) in [5, 5.41) is -5.72. The first kappa shape index (κ1) is 41.1. The van der Waals surface area contributed by atoms with Crippen molar-refractivity contribution in [1.82, 2.24) is 0 Å². The van der Waals surface area contributed by atoms with Crippen molar-refractivity contribution in [2.24, 2.45) is 0 Å². The molecule has 2 unspecified atom stereocenters. The second-order valence-corrected chi connectivity index (χ2v) is 16.2. The topological polar surface area (TPSA) is 89.5 Å². The zero-order valence-electron chi connectivity index (χ0n) is 32.0. The lowest BCUT2D eigenvalue weighted by Crippen LogP contribution is -2.52. The van der Waals surface area contributed by atoms with Gasteiger partial charge in [-0.15, -0.1) is 0 Å². The van der Waals surface area contributed by atoms with E-state index < -0.39 is 38.4 Å². The van der Waals surface area contributed by atoms with Crippen LogP contribution in [0.4, 0.5) is 17.6 Å². The molecule has 0 amide bonds. The SMILES string of the molecule is Cc1ccc(OS(=O)(=O)C(F)(F)C(F)(F)Oc2ccc(-c3ccc(C(C)(c4ccc(OC5CCCCO5)cc4)c4ccc(OC5CCCCO5)cc4)cc3)cc2)cc1. The zero-order chi connectivity index (χ0) is 41.0. The highest BCUT2D eigenvalue weighted by molar-refractivity contribution is 7.88. The molecule has 0 saturated carbocycles. The first-order chi connectivity index (χ1) is 27.7. The van der Waals surface area contributed by atoms with Gasteiger partial charge in [0, 0.05) is 18.3 Å². The van der Waals surface area contributed by atoms with Crippen molar-refractivity contribution in [2.75, 3.05) is 13.2 Å². The molecule has 2 fully saturated rings. The quantitative estimate of drug-likeness (QED) is 0.0622. The van der Waals surface area contributed by atoms with Crippen LogP contribution < -0.4 is 18.4 Å². The predicted octanol–water partition coefficient (Wildman–Crippen LogP) is 10.8. The van der Waals surface area contributed by atoms with Gasteiger partial charge in [-0.2, -0.15) is 26.0 Å². The Labute approximate surface area is 335 Å². The Morgan fingerprint density at radius 3 is 1.38 bits per heavy atom. The molecule has 0 radical (unpaired) electrons. The van der Waals surface area contributed by atoms with Crippen molar-refractivity contribution in [3.63, 3.8) is 0 Å². The summed E-state index contributed by atoms with van der Waals surface area (Å²) in [4.78, 5) is 0. The summed E-state index contributed by atoms with van der Waals surface area (Å²) in [6.07, 6.45) is -0.220. The van der Waals surface area contributed by atoms with Crippen LogP contribution in [-0.4, -0.2) is 45.6 Å². The van der Waals surface area contributed by atoms with Crippen LogP contribution in [0.1, 0.15) is 67.7 Å². The lowest BCUT2D eigenvalue weighted by molar-refractivity contribution is -0.274. The lowest BCUT2D eigenvalue weighted by atomic mass is 9.71. The molecular weight excluding hydrogens is 777 g/mol. The van der Waals surface area contributed by atoms with Crippen molar-refractivity contribution in [3.05, 3.63) is 144 Å². The Hall–Kier alpha value is -5.11. The van der Waals surface area contributed by atoms with Crippen LogP contribution in [0, 0.1) is 6.92 Å². The maximum Gasteiger partial charge on any atom is 0.484 e. The van der Waals surface area contributed by atoms with Crippen LogP contribution in [0.5, 0.6) is 23.0 Å². The molecule has 2 atom stereocenters. The van der Waals surface area contributed by atoms with E-state index >= 15 is 0 Å². The minimum Gasteiger partial charge on any atom is -0.465 e. The zero-order valence-corrected chi connectivity index (χ0v) is 32.9. The van der Waals surface area contributed by atoms with E-state index in [-0.39, 0.29) is 12.6 Å². The Morgan fingerprint density at radius 2 is 0.948 bits per heavy atom. The van der Waals surface area contributed by atoms with Crippen LogP contribution in [0.25, 0.3) is 11.1 Å². The minimum absolute atomic E-state index is 0.280. The van der Waals surface area contributed by atoms with E-state index in [4.69, 9.17) is 18.9 Å². The molecule has 2 heterocycles. The number of aryl methyl sites for hydroxylation is 1. The molecule has 5 aromatic carbocycles.